The van der Waals surface area contributed by atoms with Crippen molar-refractivity contribution in [1.29, 1.82) is 5.41 Å². The Hall–Kier alpha value is -2.15. The normalized spacial score (nSPS) is 17.3. The second-order valence-electron chi connectivity index (χ2n) is 8.12. The molecule has 178 valence electrons. The van der Waals surface area contributed by atoms with E-state index in [1.165, 1.54) is 0 Å². The van der Waals surface area contributed by atoms with Gasteiger partial charge in [0.25, 0.3) is 0 Å². The molecule has 1 N–H and O–H groups in total. The molecule has 0 amide bonds. The molecule has 6 heteroatoms. The monoisotopic (exact) mass is 444 g/mol. The standard InChI is InChI=1S/C26H40N2O4/c1-6-10-24(27)21(4)23-18-22(32-20(3)19-30-17-16-29-14-7-2)12-13-25(23)28(5)26-11-8-9-15-31-26/h6,10,12-13,18,20,26-27H,4,7-9,11,14-17,19H2,1-3,5H3/b10-6-,27-24?. The van der Waals surface area contributed by atoms with Crippen LogP contribution in [0.5, 0.6) is 5.75 Å². The highest BCUT2D eigenvalue weighted by molar-refractivity contribution is 6.28. The third kappa shape index (κ3) is 8.08. The van der Waals surface area contributed by atoms with E-state index in [-0.39, 0.29) is 12.3 Å². The van der Waals surface area contributed by atoms with Crippen molar-refractivity contribution in [2.24, 2.45) is 0 Å². The molecule has 0 aromatic heterocycles. The molecule has 0 radical (unpaired) electrons. The summed E-state index contributed by atoms with van der Waals surface area (Å²) >= 11 is 0. The maximum Gasteiger partial charge on any atom is 0.129 e. The average Bonchev–Trinajstić information content (AvgIpc) is 2.81. The highest BCUT2D eigenvalue weighted by Gasteiger charge is 2.23. The van der Waals surface area contributed by atoms with E-state index in [2.05, 4.69) is 18.4 Å². The number of anilines is 1. The van der Waals surface area contributed by atoms with Crippen molar-refractivity contribution in [3.05, 3.63) is 42.5 Å². The van der Waals surface area contributed by atoms with Gasteiger partial charge in [-0.3, -0.25) is 0 Å². The van der Waals surface area contributed by atoms with Crippen LogP contribution in [0.15, 0.2) is 36.9 Å². The molecule has 1 heterocycles. The molecule has 1 aromatic rings. The SMILES string of the molecule is C=C(C(=N)/C=C\C)c1cc(OC(C)COCCOCCC)ccc1N(C)C1CCCCO1. The van der Waals surface area contributed by atoms with Gasteiger partial charge in [0.05, 0.1) is 25.5 Å². The highest BCUT2D eigenvalue weighted by Crippen LogP contribution is 2.33. The first kappa shape index (κ1) is 26.1. The van der Waals surface area contributed by atoms with Gasteiger partial charge in [-0.25, -0.2) is 0 Å². The van der Waals surface area contributed by atoms with Crippen molar-refractivity contribution in [1.82, 2.24) is 0 Å². The minimum absolute atomic E-state index is 0.0280. The molecule has 6 nitrogen and oxygen atoms in total. The van der Waals surface area contributed by atoms with Crippen LogP contribution < -0.4 is 9.64 Å². The van der Waals surface area contributed by atoms with Crippen LogP contribution in [0.4, 0.5) is 5.69 Å². The van der Waals surface area contributed by atoms with Gasteiger partial charge >= 0.3 is 0 Å². The van der Waals surface area contributed by atoms with E-state index in [0.717, 1.165) is 55.9 Å². The number of hydrogen-bond acceptors (Lipinski definition) is 6. The van der Waals surface area contributed by atoms with Crippen molar-refractivity contribution in [2.45, 2.75) is 58.8 Å². The zero-order valence-electron chi connectivity index (χ0n) is 20.2. The topological polar surface area (TPSA) is 64.0 Å². The molecule has 1 fully saturated rings. The van der Waals surface area contributed by atoms with E-state index in [9.17, 15) is 0 Å². The van der Waals surface area contributed by atoms with Crippen LogP contribution in [0.1, 0.15) is 52.0 Å². The summed E-state index contributed by atoms with van der Waals surface area (Å²) in [6.45, 7) is 13.4. The molecule has 1 aliphatic heterocycles. The van der Waals surface area contributed by atoms with Crippen molar-refractivity contribution in [3.8, 4) is 5.75 Å². The number of allylic oxidation sites excluding steroid dienone is 3. The lowest BCUT2D eigenvalue weighted by atomic mass is 9.99. The van der Waals surface area contributed by atoms with Crippen LogP contribution >= 0.6 is 0 Å². The Balaban J connectivity index is 2.11. The third-order valence-electron chi connectivity index (χ3n) is 5.33. The molecular weight excluding hydrogens is 404 g/mol. The molecule has 1 aliphatic rings. The Bertz CT molecular complexity index is 756. The maximum absolute atomic E-state index is 8.38. The van der Waals surface area contributed by atoms with Crippen molar-refractivity contribution in [3.63, 3.8) is 0 Å². The Labute approximate surface area is 193 Å². The molecule has 1 saturated heterocycles. The Morgan fingerprint density at radius 2 is 2.06 bits per heavy atom. The molecule has 0 aliphatic carbocycles. The number of benzene rings is 1. The first-order chi connectivity index (χ1) is 15.5. The van der Waals surface area contributed by atoms with Crippen LogP contribution in [-0.4, -0.2) is 58.1 Å². The summed E-state index contributed by atoms with van der Waals surface area (Å²) in [5.41, 5.74) is 2.90. The predicted octanol–water partition coefficient (Wildman–Crippen LogP) is 5.47. The zero-order valence-corrected chi connectivity index (χ0v) is 20.2. The summed E-state index contributed by atoms with van der Waals surface area (Å²) < 4.78 is 23.2. The van der Waals surface area contributed by atoms with E-state index in [4.69, 9.17) is 24.4 Å². The van der Waals surface area contributed by atoms with Gasteiger partial charge in [0, 0.05) is 37.1 Å². The number of nitrogens with zero attached hydrogens (tertiary/aromatic N) is 1. The van der Waals surface area contributed by atoms with Gasteiger partial charge in [-0.05, 0) is 63.8 Å². The fourth-order valence-electron chi connectivity index (χ4n) is 3.61. The molecule has 0 spiro atoms. The highest BCUT2D eigenvalue weighted by atomic mass is 16.5. The minimum atomic E-state index is -0.109. The van der Waals surface area contributed by atoms with Crippen LogP contribution in [0.2, 0.25) is 0 Å². The average molecular weight is 445 g/mol. The van der Waals surface area contributed by atoms with Gasteiger partial charge in [0.2, 0.25) is 0 Å². The van der Waals surface area contributed by atoms with Gasteiger partial charge in [0.15, 0.2) is 0 Å². The lowest BCUT2D eigenvalue weighted by molar-refractivity contribution is 0.0163. The van der Waals surface area contributed by atoms with Gasteiger partial charge < -0.3 is 29.3 Å². The number of hydrogen-bond donors (Lipinski definition) is 1. The van der Waals surface area contributed by atoms with Crippen molar-refractivity contribution < 1.29 is 18.9 Å². The number of rotatable bonds is 14. The van der Waals surface area contributed by atoms with E-state index in [1.54, 1.807) is 6.08 Å². The molecule has 32 heavy (non-hydrogen) atoms. The Morgan fingerprint density at radius 3 is 2.75 bits per heavy atom. The van der Waals surface area contributed by atoms with Crippen molar-refractivity contribution in [2.75, 3.05) is 45.0 Å². The third-order valence-corrected chi connectivity index (χ3v) is 5.33. The number of nitrogens with one attached hydrogen (secondary N) is 1. The van der Waals surface area contributed by atoms with Crippen molar-refractivity contribution >= 4 is 17.0 Å². The van der Waals surface area contributed by atoms with E-state index >= 15 is 0 Å². The summed E-state index contributed by atoms with van der Waals surface area (Å²) in [6, 6.07) is 5.96. The lowest BCUT2D eigenvalue weighted by Gasteiger charge is -2.34. The molecule has 1 aromatic carbocycles. The van der Waals surface area contributed by atoms with Gasteiger partial charge in [-0.15, -0.1) is 0 Å². The smallest absolute Gasteiger partial charge is 0.129 e. The fourth-order valence-corrected chi connectivity index (χ4v) is 3.61. The summed E-state index contributed by atoms with van der Waals surface area (Å²) in [4.78, 5) is 2.15. The van der Waals surface area contributed by atoms with Crippen LogP contribution in [0.25, 0.3) is 5.57 Å². The molecular formula is C26H40N2O4. The van der Waals surface area contributed by atoms with Crippen LogP contribution in [0.3, 0.4) is 0 Å². The van der Waals surface area contributed by atoms with Gasteiger partial charge in [0.1, 0.15) is 18.1 Å². The van der Waals surface area contributed by atoms with Crippen LogP contribution in [-0.2, 0) is 14.2 Å². The second-order valence-corrected chi connectivity index (χ2v) is 8.12. The summed E-state index contributed by atoms with van der Waals surface area (Å²) in [7, 11) is 2.04. The number of ether oxygens (including phenoxy) is 4. The molecule has 2 rings (SSSR count). The second kappa shape index (κ2) is 14.1. The van der Waals surface area contributed by atoms with E-state index in [1.807, 2.05) is 45.2 Å². The van der Waals surface area contributed by atoms with Crippen LogP contribution in [0, 0.1) is 5.41 Å². The largest absolute Gasteiger partial charge is 0.488 e. The van der Waals surface area contributed by atoms with Gasteiger partial charge in [-0.2, -0.15) is 0 Å². The summed E-state index contributed by atoms with van der Waals surface area (Å²) in [6.07, 6.45) is 7.79. The molecule has 0 bridgehead atoms. The summed E-state index contributed by atoms with van der Waals surface area (Å²) in [5, 5.41) is 8.38. The Kier molecular flexibility index (Phi) is 11.5. The van der Waals surface area contributed by atoms with E-state index < -0.39 is 0 Å². The zero-order chi connectivity index (χ0) is 23.3. The van der Waals surface area contributed by atoms with E-state index in [0.29, 0.717) is 31.1 Å². The fraction of sp³-hybridized carbons (Fsp3) is 0.577. The maximum atomic E-state index is 8.38. The summed E-state index contributed by atoms with van der Waals surface area (Å²) in [5.74, 6) is 0.731. The minimum Gasteiger partial charge on any atom is -0.488 e. The van der Waals surface area contributed by atoms with Gasteiger partial charge in [-0.1, -0.05) is 19.6 Å². The predicted molar refractivity (Wildman–Crippen MR) is 132 cm³/mol. The quantitative estimate of drug-likeness (QED) is 0.304. The molecule has 2 unspecified atom stereocenters. The molecule has 2 atom stereocenters. The first-order valence-corrected chi connectivity index (χ1v) is 11.7. The Morgan fingerprint density at radius 1 is 1.28 bits per heavy atom. The lowest BCUT2D eigenvalue weighted by Crippen LogP contribution is -2.37. The first-order valence-electron chi connectivity index (χ1n) is 11.7. The molecule has 0 saturated carbocycles.